The van der Waals surface area contributed by atoms with E-state index in [4.69, 9.17) is 5.84 Å². The average Bonchev–Trinajstić information content (AvgIpc) is 2.92. The number of hydrazine groups is 1. The summed E-state index contributed by atoms with van der Waals surface area (Å²) in [5.41, 5.74) is 3.17. The number of hydrogen-bond acceptors (Lipinski definition) is 3. The third-order valence-electron chi connectivity index (χ3n) is 6.52. The molecule has 4 heteroatoms. The van der Waals surface area contributed by atoms with Crippen molar-refractivity contribution < 1.29 is 0 Å². The lowest BCUT2D eigenvalue weighted by atomic mass is 9.50. The van der Waals surface area contributed by atoms with Gasteiger partial charge in [0, 0.05) is 31.4 Å². The van der Waals surface area contributed by atoms with Crippen LogP contribution in [0, 0.1) is 29.6 Å². The lowest BCUT2D eigenvalue weighted by molar-refractivity contribution is -0.0520. The normalized spacial score (nSPS) is 38.9. The fraction of sp³-hybridized carbons (Fsp3) is 0.824. The number of imidazole rings is 1. The Bertz CT molecular complexity index is 467. The Morgan fingerprint density at radius 3 is 2.48 bits per heavy atom. The number of aryl methyl sites for hydroxylation is 1. The minimum atomic E-state index is 0.396. The molecule has 1 heterocycles. The molecule has 5 rings (SSSR count). The Hall–Kier alpha value is -0.870. The molecule has 0 radical (unpaired) electrons. The molecule has 0 spiro atoms. The molecule has 1 aromatic heterocycles. The van der Waals surface area contributed by atoms with E-state index in [0.717, 1.165) is 42.6 Å². The van der Waals surface area contributed by atoms with E-state index in [-0.39, 0.29) is 0 Å². The maximum absolute atomic E-state index is 5.97. The second kappa shape index (κ2) is 5.40. The molecule has 4 aliphatic carbocycles. The third-order valence-corrected chi connectivity index (χ3v) is 6.52. The van der Waals surface area contributed by atoms with Crippen molar-refractivity contribution in [1.82, 2.24) is 15.0 Å². The van der Waals surface area contributed by atoms with Gasteiger partial charge in [-0.25, -0.2) is 4.98 Å². The number of nitrogens with one attached hydrogen (secondary N) is 1. The second-order valence-corrected chi connectivity index (χ2v) is 7.61. The van der Waals surface area contributed by atoms with Gasteiger partial charge in [0.2, 0.25) is 0 Å². The van der Waals surface area contributed by atoms with Gasteiger partial charge < -0.3 is 4.57 Å². The summed E-state index contributed by atoms with van der Waals surface area (Å²) in [7, 11) is 0. The lowest BCUT2D eigenvalue weighted by Crippen LogP contribution is -2.55. The van der Waals surface area contributed by atoms with Gasteiger partial charge in [-0.05, 0) is 68.6 Å². The molecule has 0 saturated heterocycles. The van der Waals surface area contributed by atoms with Crippen LogP contribution in [-0.4, -0.2) is 15.6 Å². The predicted molar refractivity (Wildman–Crippen MR) is 83.3 cm³/mol. The van der Waals surface area contributed by atoms with Gasteiger partial charge in [-0.3, -0.25) is 11.3 Å². The summed E-state index contributed by atoms with van der Waals surface area (Å²) in [6.45, 7) is 3.17. The van der Waals surface area contributed by atoms with Gasteiger partial charge in [0.05, 0.1) is 0 Å². The smallest absolute Gasteiger partial charge is 0.110 e. The highest BCUT2D eigenvalue weighted by Gasteiger charge is 2.50. The van der Waals surface area contributed by atoms with Gasteiger partial charge in [-0.15, -0.1) is 0 Å². The van der Waals surface area contributed by atoms with Crippen LogP contribution in [0.1, 0.15) is 44.9 Å². The van der Waals surface area contributed by atoms with Gasteiger partial charge in [-0.1, -0.05) is 0 Å². The summed E-state index contributed by atoms with van der Waals surface area (Å²) < 4.78 is 2.25. The summed E-state index contributed by atoms with van der Waals surface area (Å²) in [6.07, 6.45) is 12.3. The monoisotopic (exact) mass is 288 g/mol. The molecule has 116 valence electrons. The van der Waals surface area contributed by atoms with Gasteiger partial charge >= 0.3 is 0 Å². The fourth-order valence-corrected chi connectivity index (χ4v) is 5.95. The molecule has 4 saturated carbocycles. The molecule has 1 unspecified atom stereocenters. The van der Waals surface area contributed by atoms with Crippen LogP contribution in [0.2, 0.25) is 0 Å². The van der Waals surface area contributed by atoms with Gasteiger partial charge in [0.25, 0.3) is 0 Å². The molecule has 1 atom stereocenters. The van der Waals surface area contributed by atoms with Crippen LogP contribution >= 0.6 is 0 Å². The molecule has 0 aromatic carbocycles. The summed E-state index contributed by atoms with van der Waals surface area (Å²) in [5.74, 6) is 11.8. The molecule has 3 N–H and O–H groups in total. The average molecular weight is 288 g/mol. The van der Waals surface area contributed by atoms with E-state index >= 15 is 0 Å². The Balaban J connectivity index is 1.53. The SMILES string of the molecule is CCn1ccnc1CC(NN)C1C2CC3CC(C2)CC1C3. The zero-order valence-corrected chi connectivity index (χ0v) is 13.0. The molecule has 0 amide bonds. The molecule has 0 aliphatic heterocycles. The topological polar surface area (TPSA) is 55.9 Å². The van der Waals surface area contributed by atoms with Crippen molar-refractivity contribution in [2.45, 2.75) is 58.0 Å². The molecule has 21 heavy (non-hydrogen) atoms. The highest BCUT2D eigenvalue weighted by atomic mass is 15.2. The first-order valence-corrected chi connectivity index (χ1v) is 8.74. The van der Waals surface area contributed by atoms with Crippen molar-refractivity contribution >= 4 is 0 Å². The zero-order chi connectivity index (χ0) is 14.4. The van der Waals surface area contributed by atoms with Crippen molar-refractivity contribution in [3.8, 4) is 0 Å². The summed E-state index contributed by atoms with van der Waals surface area (Å²) in [6, 6.07) is 0.396. The highest BCUT2D eigenvalue weighted by Crippen LogP contribution is 2.57. The zero-order valence-electron chi connectivity index (χ0n) is 13.0. The van der Waals surface area contributed by atoms with Crippen molar-refractivity contribution in [1.29, 1.82) is 0 Å². The quantitative estimate of drug-likeness (QED) is 0.646. The molecular weight excluding hydrogens is 260 g/mol. The number of aromatic nitrogens is 2. The second-order valence-electron chi connectivity index (χ2n) is 7.61. The van der Waals surface area contributed by atoms with E-state index < -0.39 is 0 Å². The Labute approximate surface area is 127 Å². The van der Waals surface area contributed by atoms with Gasteiger partial charge in [0.1, 0.15) is 5.82 Å². The molecule has 4 fully saturated rings. The summed E-state index contributed by atoms with van der Waals surface area (Å²) >= 11 is 0. The van der Waals surface area contributed by atoms with Crippen molar-refractivity contribution in [2.24, 2.45) is 35.4 Å². The number of nitrogens with two attached hydrogens (primary N) is 1. The summed E-state index contributed by atoms with van der Waals surface area (Å²) in [4.78, 5) is 4.55. The fourth-order valence-electron chi connectivity index (χ4n) is 5.95. The number of rotatable bonds is 5. The Morgan fingerprint density at radius 2 is 1.90 bits per heavy atom. The Kier molecular flexibility index (Phi) is 3.54. The van der Waals surface area contributed by atoms with E-state index in [9.17, 15) is 0 Å². The van der Waals surface area contributed by atoms with E-state index in [1.54, 1.807) is 0 Å². The first-order valence-electron chi connectivity index (χ1n) is 8.74. The van der Waals surface area contributed by atoms with Crippen LogP contribution in [0.15, 0.2) is 12.4 Å². The lowest BCUT2D eigenvalue weighted by Gasteiger charge is -2.56. The van der Waals surface area contributed by atoms with Crippen LogP contribution in [-0.2, 0) is 13.0 Å². The molecule has 4 aliphatic rings. The van der Waals surface area contributed by atoms with E-state index in [2.05, 4.69) is 28.1 Å². The number of nitrogens with zero attached hydrogens (tertiary/aromatic N) is 2. The predicted octanol–water partition coefficient (Wildman–Crippen LogP) is 2.35. The first-order chi connectivity index (χ1) is 10.3. The van der Waals surface area contributed by atoms with Crippen molar-refractivity contribution in [3.63, 3.8) is 0 Å². The van der Waals surface area contributed by atoms with E-state index in [0.29, 0.717) is 6.04 Å². The van der Waals surface area contributed by atoms with Crippen LogP contribution in [0.5, 0.6) is 0 Å². The minimum absolute atomic E-state index is 0.396. The van der Waals surface area contributed by atoms with Gasteiger partial charge in [-0.2, -0.15) is 0 Å². The van der Waals surface area contributed by atoms with Crippen LogP contribution in [0.25, 0.3) is 0 Å². The largest absolute Gasteiger partial charge is 0.335 e. The van der Waals surface area contributed by atoms with E-state index in [1.165, 1.54) is 37.9 Å². The van der Waals surface area contributed by atoms with Crippen molar-refractivity contribution in [2.75, 3.05) is 0 Å². The van der Waals surface area contributed by atoms with Crippen LogP contribution in [0.4, 0.5) is 0 Å². The van der Waals surface area contributed by atoms with Crippen LogP contribution < -0.4 is 11.3 Å². The molecule has 4 nitrogen and oxygen atoms in total. The maximum atomic E-state index is 5.97. The molecule has 4 bridgehead atoms. The maximum Gasteiger partial charge on any atom is 0.110 e. The number of hydrogen-bond donors (Lipinski definition) is 2. The molecule has 1 aromatic rings. The van der Waals surface area contributed by atoms with Gasteiger partial charge in [0.15, 0.2) is 0 Å². The standard InChI is InChI=1S/C17H28N4/c1-2-21-4-3-19-16(21)10-15(20-18)17-13-6-11-5-12(8-13)9-14(17)7-11/h3-4,11-15,17,20H,2,5-10,18H2,1H3. The van der Waals surface area contributed by atoms with Crippen molar-refractivity contribution in [3.05, 3.63) is 18.2 Å². The van der Waals surface area contributed by atoms with Crippen LogP contribution in [0.3, 0.4) is 0 Å². The first kappa shape index (κ1) is 13.8. The summed E-state index contributed by atoms with van der Waals surface area (Å²) in [5, 5.41) is 0. The Morgan fingerprint density at radius 1 is 1.24 bits per heavy atom. The third kappa shape index (κ3) is 2.33. The van der Waals surface area contributed by atoms with E-state index in [1.807, 2.05) is 6.20 Å². The minimum Gasteiger partial charge on any atom is -0.335 e. The molecular formula is C17H28N4. The highest BCUT2D eigenvalue weighted by molar-refractivity contribution is 5.04.